The predicted molar refractivity (Wildman–Crippen MR) is 63.2 cm³/mol. The Morgan fingerprint density at radius 2 is 2.31 bits per heavy atom. The Hall–Kier alpha value is -2.09. The molecule has 0 amide bonds. The molecule has 0 saturated heterocycles. The summed E-state index contributed by atoms with van der Waals surface area (Å²) in [5.41, 5.74) is 0.201. The van der Waals surface area contributed by atoms with Gasteiger partial charge in [0.2, 0.25) is 0 Å². The van der Waals surface area contributed by atoms with Crippen LogP contribution in [0.1, 0.15) is 12.6 Å². The molecule has 0 radical (unpaired) electrons. The van der Waals surface area contributed by atoms with Crippen molar-refractivity contribution in [3.8, 4) is 0 Å². The van der Waals surface area contributed by atoms with Gasteiger partial charge in [0, 0.05) is 20.6 Å². The fourth-order valence-corrected chi connectivity index (χ4v) is 1.24. The summed E-state index contributed by atoms with van der Waals surface area (Å²) in [6.45, 7) is 9.61. The first-order valence-electron chi connectivity index (χ1n) is 4.91. The van der Waals surface area contributed by atoms with Crippen LogP contribution in [0.25, 0.3) is 10.9 Å². The van der Waals surface area contributed by atoms with Gasteiger partial charge >= 0.3 is 0 Å². The van der Waals surface area contributed by atoms with E-state index in [4.69, 9.17) is 6.57 Å². The largest absolute Gasteiger partial charge is 0.383 e. The molecule has 1 aromatic heterocycles. The molecule has 0 aliphatic heterocycles. The lowest BCUT2D eigenvalue weighted by molar-refractivity contribution is 0.566. The highest BCUT2D eigenvalue weighted by molar-refractivity contribution is 5.62. The number of hydrogen-bond donors (Lipinski definition) is 0. The van der Waals surface area contributed by atoms with Crippen molar-refractivity contribution in [1.82, 2.24) is 14.5 Å². The summed E-state index contributed by atoms with van der Waals surface area (Å²) in [7, 11) is 3.76. The highest BCUT2D eigenvalue weighted by atomic mass is 16.1. The van der Waals surface area contributed by atoms with Crippen LogP contribution in [0.3, 0.4) is 0 Å². The van der Waals surface area contributed by atoms with Crippen molar-refractivity contribution in [2.75, 3.05) is 14.1 Å². The van der Waals surface area contributed by atoms with E-state index in [1.54, 1.807) is 16.8 Å². The Balaban J connectivity index is 3.38. The molecule has 0 aliphatic carbocycles. The second-order valence-corrected chi connectivity index (χ2v) is 3.46. The van der Waals surface area contributed by atoms with Gasteiger partial charge in [-0.3, -0.25) is 4.79 Å². The van der Waals surface area contributed by atoms with E-state index < -0.39 is 5.56 Å². The second kappa shape index (κ2) is 5.12. The van der Waals surface area contributed by atoms with Gasteiger partial charge < -0.3 is 9.47 Å². The zero-order valence-electron chi connectivity index (χ0n) is 9.64. The summed E-state index contributed by atoms with van der Waals surface area (Å²) in [5.74, 6) is 0. The van der Waals surface area contributed by atoms with Crippen LogP contribution >= 0.6 is 0 Å². The summed E-state index contributed by atoms with van der Waals surface area (Å²) in [6, 6.07) is 0. The van der Waals surface area contributed by atoms with Gasteiger partial charge in [0.05, 0.1) is 18.6 Å². The maximum atomic E-state index is 11.4. The topological polar surface area (TPSA) is 42.5 Å². The Kier molecular flexibility index (Phi) is 3.84. The van der Waals surface area contributed by atoms with Crippen molar-refractivity contribution in [3.63, 3.8) is 0 Å². The van der Waals surface area contributed by atoms with E-state index in [-0.39, 0.29) is 5.69 Å². The normalized spacial score (nSPS) is 10.4. The molecule has 0 atom stereocenters. The Bertz CT molecular complexity index is 494. The summed E-state index contributed by atoms with van der Waals surface area (Å²) in [6.07, 6.45) is 5.02. The zero-order valence-corrected chi connectivity index (χ0v) is 9.64. The summed E-state index contributed by atoms with van der Waals surface area (Å²) in [4.78, 5) is 20.1. The number of rotatable bonds is 3. The molecule has 1 rings (SSSR count). The van der Waals surface area contributed by atoms with Gasteiger partial charge in [-0.1, -0.05) is 0 Å². The lowest BCUT2D eigenvalue weighted by Crippen LogP contribution is -2.13. The van der Waals surface area contributed by atoms with Crippen molar-refractivity contribution < 1.29 is 0 Å². The van der Waals surface area contributed by atoms with Crippen molar-refractivity contribution in [2.24, 2.45) is 0 Å². The van der Waals surface area contributed by atoms with E-state index in [9.17, 15) is 4.79 Å². The van der Waals surface area contributed by atoms with Crippen molar-refractivity contribution in [3.05, 3.63) is 40.0 Å². The first kappa shape index (κ1) is 12.0. The van der Waals surface area contributed by atoms with E-state index in [0.717, 1.165) is 0 Å². The quantitative estimate of drug-likeness (QED) is 0.719. The second-order valence-electron chi connectivity index (χ2n) is 3.46. The van der Waals surface area contributed by atoms with Crippen LogP contribution in [0.5, 0.6) is 0 Å². The SMILES string of the molecule is [C-]#[N+]c1c(/C=C/N(C)C)n(CC)cnc1=O. The van der Waals surface area contributed by atoms with Crippen LogP contribution < -0.4 is 5.56 Å². The maximum Gasteiger partial charge on any atom is 0.279 e. The fourth-order valence-electron chi connectivity index (χ4n) is 1.24. The molecular formula is C11H14N4O. The predicted octanol–water partition coefficient (Wildman–Crippen LogP) is 1.35. The van der Waals surface area contributed by atoms with Crippen molar-refractivity contribution in [2.45, 2.75) is 13.5 Å². The van der Waals surface area contributed by atoms with Crippen LogP contribution in [0.4, 0.5) is 5.69 Å². The molecule has 1 heterocycles. The molecule has 0 spiro atoms. The zero-order chi connectivity index (χ0) is 12.1. The van der Waals surface area contributed by atoms with Crippen LogP contribution in [0.2, 0.25) is 0 Å². The van der Waals surface area contributed by atoms with E-state index in [2.05, 4.69) is 9.83 Å². The number of aryl methyl sites for hydroxylation is 1. The maximum absolute atomic E-state index is 11.4. The van der Waals surface area contributed by atoms with E-state index in [0.29, 0.717) is 12.2 Å². The first-order chi connectivity index (χ1) is 7.60. The summed E-state index contributed by atoms with van der Waals surface area (Å²) >= 11 is 0. The summed E-state index contributed by atoms with van der Waals surface area (Å²) < 4.78 is 1.77. The van der Waals surface area contributed by atoms with Crippen molar-refractivity contribution >= 4 is 11.8 Å². The minimum absolute atomic E-state index is 0.0717. The molecule has 0 aromatic carbocycles. The first-order valence-corrected chi connectivity index (χ1v) is 4.91. The minimum Gasteiger partial charge on any atom is -0.383 e. The minimum atomic E-state index is -0.474. The molecule has 5 nitrogen and oxygen atoms in total. The van der Waals surface area contributed by atoms with E-state index in [1.165, 1.54) is 6.33 Å². The lowest BCUT2D eigenvalue weighted by Gasteiger charge is -2.10. The molecule has 0 saturated carbocycles. The van der Waals surface area contributed by atoms with Crippen molar-refractivity contribution in [1.29, 1.82) is 0 Å². The van der Waals surface area contributed by atoms with Crippen LogP contribution in [0, 0.1) is 6.57 Å². The molecule has 0 unspecified atom stereocenters. The summed E-state index contributed by atoms with van der Waals surface area (Å²) in [5, 5.41) is 0. The Morgan fingerprint density at radius 1 is 1.62 bits per heavy atom. The van der Waals surface area contributed by atoms with Gasteiger partial charge in [-0.25, -0.2) is 9.83 Å². The van der Waals surface area contributed by atoms with Crippen LogP contribution in [-0.2, 0) is 6.54 Å². The highest BCUT2D eigenvalue weighted by Gasteiger charge is 2.08. The average molecular weight is 218 g/mol. The molecule has 0 fully saturated rings. The number of nitrogens with zero attached hydrogens (tertiary/aromatic N) is 4. The van der Waals surface area contributed by atoms with Gasteiger partial charge in [0.1, 0.15) is 0 Å². The molecule has 16 heavy (non-hydrogen) atoms. The number of aromatic nitrogens is 2. The molecule has 84 valence electrons. The van der Waals surface area contributed by atoms with Crippen LogP contribution in [-0.4, -0.2) is 28.5 Å². The van der Waals surface area contributed by atoms with Gasteiger partial charge in [-0.05, 0) is 19.2 Å². The van der Waals surface area contributed by atoms with E-state index >= 15 is 0 Å². The Labute approximate surface area is 94.5 Å². The molecule has 0 bridgehead atoms. The Morgan fingerprint density at radius 3 is 2.81 bits per heavy atom. The van der Waals surface area contributed by atoms with Gasteiger partial charge in [0.25, 0.3) is 11.2 Å². The third-order valence-electron chi connectivity index (χ3n) is 2.05. The average Bonchev–Trinajstić information content (AvgIpc) is 2.26. The lowest BCUT2D eigenvalue weighted by atomic mass is 10.3. The molecule has 1 aromatic rings. The number of hydrogen-bond acceptors (Lipinski definition) is 3. The van der Waals surface area contributed by atoms with Gasteiger partial charge in [-0.2, -0.15) is 0 Å². The molecular weight excluding hydrogens is 204 g/mol. The smallest absolute Gasteiger partial charge is 0.279 e. The molecule has 0 aliphatic rings. The highest BCUT2D eigenvalue weighted by Crippen LogP contribution is 2.14. The standard InChI is InChI=1S/C11H14N4O/c1-5-15-8-13-11(16)10(12-2)9(15)6-7-14(3)4/h6-8H,5H2,1,3-4H3/b7-6+. The fraction of sp³-hybridized carbons (Fsp3) is 0.364. The van der Waals surface area contributed by atoms with E-state index in [1.807, 2.05) is 25.9 Å². The third kappa shape index (κ3) is 2.48. The molecule has 0 N–H and O–H groups in total. The molecule has 5 heteroatoms. The monoisotopic (exact) mass is 218 g/mol. The van der Waals surface area contributed by atoms with Gasteiger partial charge in [-0.15, -0.1) is 0 Å². The third-order valence-corrected chi connectivity index (χ3v) is 2.05. The van der Waals surface area contributed by atoms with Crippen LogP contribution in [0.15, 0.2) is 17.3 Å². The van der Waals surface area contributed by atoms with Gasteiger partial charge in [0.15, 0.2) is 0 Å².